The fourth-order valence-corrected chi connectivity index (χ4v) is 3.11. The third kappa shape index (κ3) is 5.84. The van der Waals surface area contributed by atoms with E-state index in [4.69, 9.17) is 9.47 Å². The van der Waals surface area contributed by atoms with Gasteiger partial charge in [-0.05, 0) is 41.7 Å². The summed E-state index contributed by atoms with van der Waals surface area (Å²) in [4.78, 5) is 0. The van der Waals surface area contributed by atoms with Gasteiger partial charge in [-0.15, -0.1) is 0 Å². The molecule has 0 aliphatic rings. The normalized spacial score (nSPS) is 14.0. The summed E-state index contributed by atoms with van der Waals surface area (Å²) in [6.45, 7) is 15.6. The first-order valence-corrected chi connectivity index (χ1v) is 10.3. The van der Waals surface area contributed by atoms with E-state index in [9.17, 15) is 0 Å². The van der Waals surface area contributed by atoms with Gasteiger partial charge in [-0.1, -0.05) is 77.4 Å². The molecule has 0 amide bonds. The molecular weight excluding hydrogens is 332 g/mol. The van der Waals surface area contributed by atoms with Crippen molar-refractivity contribution in [2.75, 3.05) is 19.8 Å². The molecule has 0 aliphatic heterocycles. The third-order valence-corrected chi connectivity index (χ3v) is 5.58. The second kappa shape index (κ2) is 9.94. The lowest BCUT2D eigenvalue weighted by Gasteiger charge is -2.27. The molecule has 27 heavy (non-hydrogen) atoms. The van der Waals surface area contributed by atoms with E-state index < -0.39 is 0 Å². The summed E-state index contributed by atoms with van der Waals surface area (Å²) in [6, 6.07) is 17.6. The molecule has 2 aromatic rings. The Morgan fingerprint density at radius 1 is 0.815 bits per heavy atom. The van der Waals surface area contributed by atoms with Crippen LogP contribution in [-0.4, -0.2) is 19.8 Å². The Kier molecular flexibility index (Phi) is 7.91. The number of rotatable bonds is 10. The fourth-order valence-electron chi connectivity index (χ4n) is 3.11. The molecule has 0 spiro atoms. The highest BCUT2D eigenvalue weighted by atomic mass is 16.5. The van der Waals surface area contributed by atoms with Crippen molar-refractivity contribution in [2.45, 2.75) is 59.3 Å². The van der Waals surface area contributed by atoms with Crippen molar-refractivity contribution in [3.05, 3.63) is 65.2 Å². The largest absolute Gasteiger partial charge is 0.493 e. The standard InChI is InChI=1S/C25H36O2/c1-7-19(3)17-27-24-15-13-23(14-16-24)25(5,6)22-11-9-21(10-12-22)20(4)18-26-8-2/h9-16,19-20H,7-8,17-18H2,1-6H3. The molecule has 0 aromatic heterocycles. The van der Waals surface area contributed by atoms with Crippen LogP contribution in [0, 0.1) is 5.92 Å². The zero-order valence-electron chi connectivity index (χ0n) is 17.9. The van der Waals surface area contributed by atoms with Gasteiger partial charge in [-0.25, -0.2) is 0 Å². The van der Waals surface area contributed by atoms with Gasteiger partial charge in [0, 0.05) is 17.9 Å². The molecule has 0 saturated carbocycles. The van der Waals surface area contributed by atoms with Crippen LogP contribution in [0.4, 0.5) is 0 Å². The van der Waals surface area contributed by atoms with E-state index in [1.54, 1.807) is 0 Å². The molecule has 0 radical (unpaired) electrons. The highest BCUT2D eigenvalue weighted by Crippen LogP contribution is 2.33. The second-order valence-electron chi connectivity index (χ2n) is 8.16. The van der Waals surface area contributed by atoms with Gasteiger partial charge in [0.2, 0.25) is 0 Å². The molecule has 2 rings (SSSR count). The van der Waals surface area contributed by atoms with Crippen LogP contribution in [-0.2, 0) is 10.2 Å². The maximum atomic E-state index is 5.89. The van der Waals surface area contributed by atoms with Crippen molar-refractivity contribution in [3.8, 4) is 5.75 Å². The molecule has 0 fully saturated rings. The first-order chi connectivity index (χ1) is 12.9. The Morgan fingerprint density at radius 2 is 1.37 bits per heavy atom. The van der Waals surface area contributed by atoms with Crippen molar-refractivity contribution in [3.63, 3.8) is 0 Å². The van der Waals surface area contributed by atoms with Gasteiger partial charge in [0.1, 0.15) is 5.75 Å². The lowest BCUT2D eigenvalue weighted by Crippen LogP contribution is -2.19. The van der Waals surface area contributed by atoms with Crippen LogP contribution in [0.5, 0.6) is 5.75 Å². The van der Waals surface area contributed by atoms with Gasteiger partial charge in [-0.3, -0.25) is 0 Å². The van der Waals surface area contributed by atoms with Gasteiger partial charge in [0.05, 0.1) is 13.2 Å². The van der Waals surface area contributed by atoms with Crippen molar-refractivity contribution >= 4 is 0 Å². The summed E-state index contributed by atoms with van der Waals surface area (Å²) in [7, 11) is 0. The molecule has 2 heteroatoms. The minimum Gasteiger partial charge on any atom is -0.493 e. The van der Waals surface area contributed by atoms with E-state index >= 15 is 0 Å². The number of benzene rings is 2. The van der Waals surface area contributed by atoms with Crippen LogP contribution < -0.4 is 4.74 Å². The van der Waals surface area contributed by atoms with Crippen LogP contribution in [0.25, 0.3) is 0 Å². The molecule has 2 nitrogen and oxygen atoms in total. The van der Waals surface area contributed by atoms with E-state index in [0.717, 1.165) is 32.0 Å². The second-order valence-corrected chi connectivity index (χ2v) is 8.16. The minimum absolute atomic E-state index is 0.0447. The number of hydrogen-bond acceptors (Lipinski definition) is 2. The van der Waals surface area contributed by atoms with E-state index in [1.807, 2.05) is 6.92 Å². The Bertz CT molecular complexity index is 670. The highest BCUT2D eigenvalue weighted by Gasteiger charge is 2.23. The number of hydrogen-bond donors (Lipinski definition) is 0. The molecular formula is C25H36O2. The van der Waals surface area contributed by atoms with E-state index in [0.29, 0.717) is 11.8 Å². The highest BCUT2D eigenvalue weighted by molar-refractivity contribution is 5.41. The SMILES string of the molecule is CCOCC(C)c1ccc(C(C)(C)c2ccc(OCC(C)CC)cc2)cc1. The zero-order valence-corrected chi connectivity index (χ0v) is 17.9. The first kappa shape index (κ1) is 21.5. The molecule has 148 valence electrons. The predicted molar refractivity (Wildman–Crippen MR) is 115 cm³/mol. The summed E-state index contributed by atoms with van der Waals surface area (Å²) in [5, 5.41) is 0. The van der Waals surface area contributed by atoms with Crippen LogP contribution in [0.2, 0.25) is 0 Å². The van der Waals surface area contributed by atoms with Gasteiger partial charge in [-0.2, -0.15) is 0 Å². The Morgan fingerprint density at radius 3 is 1.89 bits per heavy atom. The van der Waals surface area contributed by atoms with Crippen LogP contribution in [0.1, 0.15) is 70.6 Å². The maximum Gasteiger partial charge on any atom is 0.119 e. The molecule has 0 bridgehead atoms. The zero-order chi connectivity index (χ0) is 19.9. The van der Waals surface area contributed by atoms with E-state index in [1.165, 1.54) is 16.7 Å². The lowest BCUT2D eigenvalue weighted by atomic mass is 9.77. The van der Waals surface area contributed by atoms with Gasteiger partial charge in [0.25, 0.3) is 0 Å². The van der Waals surface area contributed by atoms with E-state index in [-0.39, 0.29) is 5.41 Å². The molecule has 0 N–H and O–H groups in total. The molecule has 0 heterocycles. The predicted octanol–water partition coefficient (Wildman–Crippen LogP) is 6.58. The molecule has 0 aliphatic carbocycles. The topological polar surface area (TPSA) is 18.5 Å². The summed E-state index contributed by atoms with van der Waals surface area (Å²) >= 11 is 0. The smallest absolute Gasteiger partial charge is 0.119 e. The van der Waals surface area contributed by atoms with Crippen molar-refractivity contribution in [1.82, 2.24) is 0 Å². The average molecular weight is 369 g/mol. The Labute approximate surface area is 165 Å². The fraction of sp³-hybridized carbons (Fsp3) is 0.520. The summed E-state index contributed by atoms with van der Waals surface area (Å²) in [6.07, 6.45) is 1.14. The summed E-state index contributed by atoms with van der Waals surface area (Å²) < 4.78 is 11.5. The van der Waals surface area contributed by atoms with Crippen molar-refractivity contribution in [1.29, 1.82) is 0 Å². The van der Waals surface area contributed by atoms with Gasteiger partial charge >= 0.3 is 0 Å². The van der Waals surface area contributed by atoms with Crippen molar-refractivity contribution in [2.24, 2.45) is 5.92 Å². The summed E-state index contributed by atoms with van der Waals surface area (Å²) in [5.74, 6) is 1.96. The average Bonchev–Trinajstić information content (AvgIpc) is 2.70. The van der Waals surface area contributed by atoms with Crippen molar-refractivity contribution < 1.29 is 9.47 Å². The lowest BCUT2D eigenvalue weighted by molar-refractivity contribution is 0.136. The van der Waals surface area contributed by atoms with Crippen LogP contribution >= 0.6 is 0 Å². The third-order valence-electron chi connectivity index (χ3n) is 5.58. The van der Waals surface area contributed by atoms with Crippen LogP contribution in [0.15, 0.2) is 48.5 Å². The monoisotopic (exact) mass is 368 g/mol. The maximum absolute atomic E-state index is 5.89. The quantitative estimate of drug-likeness (QED) is 0.472. The Balaban J connectivity index is 2.08. The first-order valence-electron chi connectivity index (χ1n) is 10.3. The van der Waals surface area contributed by atoms with Gasteiger partial charge < -0.3 is 9.47 Å². The summed E-state index contributed by atoms with van der Waals surface area (Å²) in [5.41, 5.74) is 3.91. The molecule has 2 atom stereocenters. The minimum atomic E-state index is -0.0447. The molecule has 2 aromatic carbocycles. The van der Waals surface area contributed by atoms with Crippen LogP contribution in [0.3, 0.4) is 0 Å². The number of ether oxygens (including phenoxy) is 2. The Hall–Kier alpha value is -1.80. The molecule has 2 unspecified atom stereocenters. The van der Waals surface area contributed by atoms with Gasteiger partial charge in [0.15, 0.2) is 0 Å². The van der Waals surface area contributed by atoms with E-state index in [2.05, 4.69) is 83.1 Å². The molecule has 0 saturated heterocycles.